The predicted molar refractivity (Wildman–Crippen MR) is 56.6 cm³/mol. The molecule has 0 bridgehead atoms. The van der Waals surface area contributed by atoms with Gasteiger partial charge in [0.2, 0.25) is 0 Å². The molecule has 1 aliphatic heterocycles. The fourth-order valence-electron chi connectivity index (χ4n) is 1.56. The molecule has 13 heavy (non-hydrogen) atoms. The first kappa shape index (κ1) is 10.4. The normalized spacial score (nSPS) is 21.6. The molecular weight excluding hydrogens is 162 g/mol. The van der Waals surface area contributed by atoms with Gasteiger partial charge in [0.25, 0.3) is 0 Å². The first-order valence-electron chi connectivity index (χ1n) is 5.36. The van der Waals surface area contributed by atoms with Gasteiger partial charge in [0.05, 0.1) is 0 Å². The van der Waals surface area contributed by atoms with Crippen molar-refractivity contribution in [1.29, 1.82) is 0 Å². The Morgan fingerprint density at radius 1 is 1.23 bits per heavy atom. The molecule has 0 radical (unpaired) electrons. The van der Waals surface area contributed by atoms with Gasteiger partial charge in [0.1, 0.15) is 12.5 Å². The molecule has 76 valence electrons. The first-order valence-corrected chi connectivity index (χ1v) is 5.36. The van der Waals surface area contributed by atoms with Crippen LogP contribution in [0.4, 0.5) is 0 Å². The highest BCUT2D eigenvalue weighted by molar-refractivity contribution is 5.56. The monoisotopic (exact) mass is 183 g/mol. The molecule has 3 nitrogen and oxygen atoms in total. The molecule has 0 aromatic carbocycles. The van der Waals surface area contributed by atoms with Crippen LogP contribution in [0.3, 0.4) is 0 Å². The second kappa shape index (κ2) is 5.10. The van der Waals surface area contributed by atoms with E-state index in [4.69, 9.17) is 0 Å². The van der Waals surface area contributed by atoms with Gasteiger partial charge in [-0.25, -0.2) is 0 Å². The molecule has 0 saturated carbocycles. The summed E-state index contributed by atoms with van der Waals surface area (Å²) in [6.45, 7) is 8.85. The SMILES string of the molecule is CCCCN1C=NN(CCC)C1C. The van der Waals surface area contributed by atoms with E-state index in [2.05, 4.69) is 35.8 Å². The lowest BCUT2D eigenvalue weighted by Gasteiger charge is -2.26. The van der Waals surface area contributed by atoms with Gasteiger partial charge in [-0.05, 0) is 19.8 Å². The topological polar surface area (TPSA) is 18.8 Å². The Hall–Kier alpha value is -0.730. The molecule has 0 aromatic heterocycles. The molecular formula is C10H21N3. The first-order chi connectivity index (χ1) is 6.29. The van der Waals surface area contributed by atoms with Gasteiger partial charge in [-0.1, -0.05) is 20.3 Å². The van der Waals surface area contributed by atoms with Crippen molar-refractivity contribution in [1.82, 2.24) is 9.91 Å². The third-order valence-electron chi connectivity index (χ3n) is 2.48. The quantitative estimate of drug-likeness (QED) is 0.650. The fraction of sp³-hybridized carbons (Fsp3) is 0.900. The number of unbranched alkanes of at least 4 members (excludes halogenated alkanes) is 1. The Morgan fingerprint density at radius 2 is 2.00 bits per heavy atom. The molecule has 0 fully saturated rings. The van der Waals surface area contributed by atoms with E-state index in [0.29, 0.717) is 6.17 Å². The van der Waals surface area contributed by atoms with Crippen molar-refractivity contribution in [2.45, 2.75) is 46.2 Å². The summed E-state index contributed by atoms with van der Waals surface area (Å²) in [6.07, 6.45) is 6.13. The predicted octanol–water partition coefficient (Wildman–Crippen LogP) is 2.10. The molecule has 1 unspecified atom stereocenters. The highest BCUT2D eigenvalue weighted by Gasteiger charge is 2.21. The lowest BCUT2D eigenvalue weighted by molar-refractivity contribution is 0.146. The second-order valence-electron chi connectivity index (χ2n) is 3.62. The van der Waals surface area contributed by atoms with Crippen LogP contribution in [0.15, 0.2) is 5.10 Å². The van der Waals surface area contributed by atoms with Crippen molar-refractivity contribution in [2.75, 3.05) is 13.1 Å². The summed E-state index contributed by atoms with van der Waals surface area (Å²) in [5, 5.41) is 6.54. The summed E-state index contributed by atoms with van der Waals surface area (Å²) in [5.74, 6) is 0. The lowest BCUT2D eigenvalue weighted by atomic mass is 10.3. The van der Waals surface area contributed by atoms with Gasteiger partial charge < -0.3 is 4.90 Å². The van der Waals surface area contributed by atoms with E-state index in [0.717, 1.165) is 13.1 Å². The van der Waals surface area contributed by atoms with Crippen LogP contribution >= 0.6 is 0 Å². The van der Waals surface area contributed by atoms with Crippen LogP contribution in [0.5, 0.6) is 0 Å². The standard InChI is InChI=1S/C10H21N3/c1-4-6-8-12-9-11-13(7-5-2)10(12)3/h9-10H,4-8H2,1-3H3. The van der Waals surface area contributed by atoms with Crippen LogP contribution in [0.25, 0.3) is 0 Å². The van der Waals surface area contributed by atoms with Crippen LogP contribution < -0.4 is 0 Å². The van der Waals surface area contributed by atoms with Crippen LogP contribution in [-0.2, 0) is 0 Å². The highest BCUT2D eigenvalue weighted by Crippen LogP contribution is 2.12. The van der Waals surface area contributed by atoms with E-state index in [1.165, 1.54) is 19.3 Å². The highest BCUT2D eigenvalue weighted by atomic mass is 15.6. The van der Waals surface area contributed by atoms with E-state index >= 15 is 0 Å². The van der Waals surface area contributed by atoms with Crippen LogP contribution in [0, 0.1) is 0 Å². The number of hydrogen-bond donors (Lipinski definition) is 0. The van der Waals surface area contributed by atoms with Gasteiger partial charge in [-0.2, -0.15) is 5.10 Å². The van der Waals surface area contributed by atoms with Crippen molar-refractivity contribution in [2.24, 2.45) is 5.10 Å². The van der Waals surface area contributed by atoms with Crippen molar-refractivity contribution < 1.29 is 0 Å². The van der Waals surface area contributed by atoms with E-state index in [1.54, 1.807) is 0 Å². The summed E-state index contributed by atoms with van der Waals surface area (Å²) >= 11 is 0. The number of hydrazone groups is 1. The Morgan fingerprint density at radius 3 is 2.62 bits per heavy atom. The zero-order valence-corrected chi connectivity index (χ0v) is 9.03. The molecule has 0 saturated heterocycles. The molecule has 0 N–H and O–H groups in total. The van der Waals surface area contributed by atoms with Crippen LogP contribution in [0.1, 0.15) is 40.0 Å². The van der Waals surface area contributed by atoms with Crippen molar-refractivity contribution in [3.63, 3.8) is 0 Å². The zero-order valence-electron chi connectivity index (χ0n) is 9.03. The van der Waals surface area contributed by atoms with Gasteiger partial charge in [-0.15, -0.1) is 0 Å². The molecule has 0 aliphatic carbocycles. The number of nitrogens with zero attached hydrogens (tertiary/aromatic N) is 3. The lowest BCUT2D eigenvalue weighted by Crippen LogP contribution is -2.37. The minimum atomic E-state index is 0.464. The molecule has 0 amide bonds. The number of rotatable bonds is 5. The Bertz CT molecular complexity index is 168. The average molecular weight is 183 g/mol. The Balaban J connectivity index is 2.32. The zero-order chi connectivity index (χ0) is 9.68. The summed E-state index contributed by atoms with van der Waals surface area (Å²) < 4.78 is 0. The third kappa shape index (κ3) is 2.61. The van der Waals surface area contributed by atoms with Crippen molar-refractivity contribution in [3.8, 4) is 0 Å². The van der Waals surface area contributed by atoms with E-state index in [1.807, 2.05) is 6.34 Å². The van der Waals surface area contributed by atoms with Gasteiger partial charge in [-0.3, -0.25) is 5.01 Å². The van der Waals surface area contributed by atoms with Gasteiger partial charge in [0.15, 0.2) is 0 Å². The Labute approximate surface area is 81.4 Å². The van der Waals surface area contributed by atoms with E-state index in [-0.39, 0.29) is 0 Å². The smallest absolute Gasteiger partial charge is 0.116 e. The van der Waals surface area contributed by atoms with E-state index in [9.17, 15) is 0 Å². The van der Waals surface area contributed by atoms with Gasteiger partial charge in [0, 0.05) is 13.1 Å². The molecule has 1 rings (SSSR count). The van der Waals surface area contributed by atoms with Crippen molar-refractivity contribution in [3.05, 3.63) is 0 Å². The molecule has 0 spiro atoms. The molecule has 1 aliphatic rings. The number of hydrogen-bond acceptors (Lipinski definition) is 3. The maximum Gasteiger partial charge on any atom is 0.116 e. The maximum absolute atomic E-state index is 4.38. The largest absolute Gasteiger partial charge is 0.340 e. The van der Waals surface area contributed by atoms with Crippen molar-refractivity contribution >= 4 is 6.34 Å². The molecule has 0 aromatic rings. The van der Waals surface area contributed by atoms with Crippen LogP contribution in [0.2, 0.25) is 0 Å². The third-order valence-corrected chi connectivity index (χ3v) is 2.48. The molecule has 3 heteroatoms. The summed E-state index contributed by atoms with van der Waals surface area (Å²) in [5.41, 5.74) is 0. The second-order valence-corrected chi connectivity index (χ2v) is 3.62. The Kier molecular flexibility index (Phi) is 4.06. The van der Waals surface area contributed by atoms with Crippen LogP contribution in [-0.4, -0.2) is 35.5 Å². The average Bonchev–Trinajstić information content (AvgIpc) is 2.46. The summed E-state index contributed by atoms with van der Waals surface area (Å²) in [4.78, 5) is 2.32. The summed E-state index contributed by atoms with van der Waals surface area (Å²) in [6, 6.07) is 0. The fourth-order valence-corrected chi connectivity index (χ4v) is 1.56. The molecule has 1 atom stereocenters. The maximum atomic E-state index is 4.38. The summed E-state index contributed by atoms with van der Waals surface area (Å²) in [7, 11) is 0. The van der Waals surface area contributed by atoms with Gasteiger partial charge >= 0.3 is 0 Å². The minimum absolute atomic E-state index is 0.464. The van der Waals surface area contributed by atoms with E-state index < -0.39 is 0 Å². The minimum Gasteiger partial charge on any atom is -0.340 e. The molecule has 1 heterocycles.